The molecule has 9 nitrogen and oxygen atoms in total. The predicted molar refractivity (Wildman–Crippen MR) is 72.1 cm³/mol. The average molecular weight is 309 g/mol. The lowest BCUT2D eigenvalue weighted by atomic mass is 10.1. The summed E-state index contributed by atoms with van der Waals surface area (Å²) >= 11 is 3.81. The highest BCUT2D eigenvalue weighted by Gasteiger charge is 2.29. The normalized spacial score (nSPS) is 16.6. The van der Waals surface area contributed by atoms with Gasteiger partial charge in [0.2, 0.25) is 11.8 Å². The molecule has 0 heterocycles. The van der Waals surface area contributed by atoms with Gasteiger partial charge in [0.05, 0.1) is 18.8 Å². The highest BCUT2D eigenvalue weighted by molar-refractivity contribution is 7.80. The lowest BCUT2D eigenvalue weighted by Gasteiger charge is -2.22. The van der Waals surface area contributed by atoms with Gasteiger partial charge in [-0.25, -0.2) is 4.79 Å². The van der Waals surface area contributed by atoms with Gasteiger partial charge in [0.15, 0.2) is 6.04 Å². The standard InChI is InChI=1S/C10H19N3O6S/c1-4(15)7(10(18)19)13-9(17)6(2-14)12-8(16)5(11)3-20/h4-7,14-15,20H,2-3,11H2,1H3,(H,12,16)(H,13,17)(H,18,19)/t4-,5+,6+,7+/m1/s1. The molecule has 7 N–H and O–H groups in total. The Morgan fingerprint density at radius 3 is 2.15 bits per heavy atom. The van der Waals surface area contributed by atoms with Crippen LogP contribution in [-0.2, 0) is 14.4 Å². The largest absolute Gasteiger partial charge is 0.480 e. The minimum Gasteiger partial charge on any atom is -0.480 e. The van der Waals surface area contributed by atoms with Gasteiger partial charge in [0.25, 0.3) is 0 Å². The van der Waals surface area contributed by atoms with Crippen LogP contribution >= 0.6 is 12.6 Å². The van der Waals surface area contributed by atoms with Crippen molar-refractivity contribution in [3.05, 3.63) is 0 Å². The Bertz CT molecular complexity index is 365. The number of aliphatic hydroxyl groups excluding tert-OH is 2. The van der Waals surface area contributed by atoms with Gasteiger partial charge in [-0.05, 0) is 6.92 Å². The van der Waals surface area contributed by atoms with Gasteiger partial charge in [-0.3, -0.25) is 9.59 Å². The van der Waals surface area contributed by atoms with Crippen molar-refractivity contribution in [1.82, 2.24) is 10.6 Å². The van der Waals surface area contributed by atoms with Gasteiger partial charge in [-0.2, -0.15) is 12.6 Å². The number of carbonyl (C=O) groups is 3. The molecule has 0 fully saturated rings. The summed E-state index contributed by atoms with van der Waals surface area (Å²) in [6.07, 6.45) is -1.34. The lowest BCUT2D eigenvalue weighted by molar-refractivity contribution is -0.145. The van der Waals surface area contributed by atoms with Crippen LogP contribution < -0.4 is 16.4 Å². The first-order valence-electron chi connectivity index (χ1n) is 5.73. The number of hydrogen-bond donors (Lipinski definition) is 7. The van der Waals surface area contributed by atoms with Gasteiger partial charge in [-0.1, -0.05) is 0 Å². The first-order valence-corrected chi connectivity index (χ1v) is 6.36. The van der Waals surface area contributed by atoms with E-state index in [0.717, 1.165) is 0 Å². The van der Waals surface area contributed by atoms with Crippen LogP contribution in [0.25, 0.3) is 0 Å². The van der Waals surface area contributed by atoms with Crippen LogP contribution in [-0.4, -0.2) is 69.7 Å². The van der Waals surface area contributed by atoms with Gasteiger partial charge >= 0.3 is 5.97 Å². The van der Waals surface area contributed by atoms with Crippen LogP contribution in [0, 0.1) is 0 Å². The number of nitrogens with one attached hydrogen (secondary N) is 2. The Kier molecular flexibility index (Phi) is 8.15. The molecule has 2 amide bonds. The zero-order chi connectivity index (χ0) is 15.9. The van der Waals surface area contributed by atoms with Gasteiger partial charge in [-0.15, -0.1) is 0 Å². The van der Waals surface area contributed by atoms with Crippen molar-refractivity contribution in [2.24, 2.45) is 5.73 Å². The minimum atomic E-state index is -1.55. The second-order valence-electron chi connectivity index (χ2n) is 4.10. The van der Waals surface area contributed by atoms with Gasteiger partial charge < -0.3 is 31.7 Å². The number of carboxylic acids is 1. The highest BCUT2D eigenvalue weighted by atomic mass is 32.1. The summed E-state index contributed by atoms with van der Waals surface area (Å²) in [5.41, 5.74) is 5.38. The molecule has 10 heteroatoms. The summed E-state index contributed by atoms with van der Waals surface area (Å²) in [4.78, 5) is 34.0. The third kappa shape index (κ3) is 5.74. The number of aliphatic hydroxyl groups is 2. The number of carboxylic acid groups (broad SMARTS) is 1. The van der Waals surface area contributed by atoms with E-state index < -0.39 is 48.6 Å². The number of aliphatic carboxylic acids is 1. The van der Waals surface area contributed by atoms with Crippen molar-refractivity contribution in [3.63, 3.8) is 0 Å². The molecule has 0 aliphatic rings. The highest BCUT2D eigenvalue weighted by Crippen LogP contribution is 1.95. The predicted octanol–water partition coefficient (Wildman–Crippen LogP) is -3.33. The van der Waals surface area contributed by atoms with Gasteiger partial charge in [0.1, 0.15) is 6.04 Å². The summed E-state index contributed by atoms with van der Waals surface area (Å²) in [5, 5.41) is 31.2. The van der Waals surface area contributed by atoms with E-state index in [-0.39, 0.29) is 5.75 Å². The van der Waals surface area contributed by atoms with Crippen molar-refractivity contribution in [1.29, 1.82) is 0 Å². The Balaban J connectivity index is 4.70. The van der Waals surface area contributed by atoms with Crippen molar-refractivity contribution < 1.29 is 29.7 Å². The van der Waals surface area contributed by atoms with Crippen molar-refractivity contribution >= 4 is 30.4 Å². The second-order valence-corrected chi connectivity index (χ2v) is 4.46. The molecule has 0 aromatic rings. The molecule has 0 bridgehead atoms. The number of hydrogen-bond acceptors (Lipinski definition) is 7. The molecular formula is C10H19N3O6S. The molecule has 0 spiro atoms. The molecule has 0 unspecified atom stereocenters. The van der Waals surface area contributed by atoms with Crippen LogP contribution in [0.5, 0.6) is 0 Å². The molecule has 0 aliphatic heterocycles. The maximum absolute atomic E-state index is 11.7. The monoisotopic (exact) mass is 309 g/mol. The third-order valence-electron chi connectivity index (χ3n) is 2.40. The van der Waals surface area contributed by atoms with Crippen LogP contribution in [0.3, 0.4) is 0 Å². The zero-order valence-electron chi connectivity index (χ0n) is 10.8. The fourth-order valence-corrected chi connectivity index (χ4v) is 1.36. The molecule has 0 saturated heterocycles. The van der Waals surface area contributed by atoms with E-state index in [4.69, 9.17) is 15.9 Å². The Hall–Kier alpha value is -1.36. The summed E-state index contributed by atoms with van der Waals surface area (Å²) in [6.45, 7) is 0.436. The summed E-state index contributed by atoms with van der Waals surface area (Å²) in [6, 6.07) is -3.88. The fourth-order valence-electron chi connectivity index (χ4n) is 1.20. The zero-order valence-corrected chi connectivity index (χ0v) is 11.7. The van der Waals surface area contributed by atoms with E-state index >= 15 is 0 Å². The molecule has 0 aromatic carbocycles. The van der Waals surface area contributed by atoms with E-state index in [1.807, 2.05) is 5.32 Å². The van der Waals surface area contributed by atoms with Gasteiger partial charge in [0, 0.05) is 5.75 Å². The van der Waals surface area contributed by atoms with E-state index in [2.05, 4.69) is 17.9 Å². The number of amides is 2. The van der Waals surface area contributed by atoms with Crippen molar-refractivity contribution in [2.45, 2.75) is 31.2 Å². The van der Waals surface area contributed by atoms with Crippen molar-refractivity contribution in [3.8, 4) is 0 Å². The Labute approximate surface area is 120 Å². The quantitative estimate of drug-likeness (QED) is 0.231. The van der Waals surface area contributed by atoms with E-state index in [1.54, 1.807) is 0 Å². The third-order valence-corrected chi connectivity index (χ3v) is 2.79. The molecule has 4 atom stereocenters. The van der Waals surface area contributed by atoms with Crippen LogP contribution in [0.1, 0.15) is 6.92 Å². The fraction of sp³-hybridized carbons (Fsp3) is 0.700. The summed E-state index contributed by atoms with van der Waals surface area (Å²) in [7, 11) is 0. The number of rotatable bonds is 8. The van der Waals surface area contributed by atoms with E-state index in [0.29, 0.717) is 0 Å². The first-order chi connectivity index (χ1) is 9.24. The minimum absolute atomic E-state index is 0.0387. The topological polar surface area (TPSA) is 162 Å². The molecule has 0 rings (SSSR count). The Morgan fingerprint density at radius 2 is 1.80 bits per heavy atom. The Morgan fingerprint density at radius 1 is 1.25 bits per heavy atom. The molecule has 0 aromatic heterocycles. The second kappa shape index (κ2) is 8.74. The van der Waals surface area contributed by atoms with Crippen molar-refractivity contribution in [2.75, 3.05) is 12.4 Å². The SMILES string of the molecule is C[C@@H](O)[C@H](NC(=O)[C@H](CO)NC(=O)[C@@H](N)CS)C(=O)O. The number of nitrogens with two attached hydrogens (primary N) is 1. The maximum atomic E-state index is 11.7. The smallest absolute Gasteiger partial charge is 0.328 e. The number of carbonyl (C=O) groups excluding carboxylic acids is 2. The summed E-state index contributed by atoms with van der Waals surface area (Å²) < 4.78 is 0. The molecule has 0 radical (unpaired) electrons. The number of thiol groups is 1. The molecule has 116 valence electrons. The lowest BCUT2D eigenvalue weighted by Crippen LogP contribution is -2.57. The average Bonchev–Trinajstić information content (AvgIpc) is 2.39. The maximum Gasteiger partial charge on any atom is 0.328 e. The van der Waals surface area contributed by atoms with E-state index in [1.165, 1.54) is 6.92 Å². The van der Waals surface area contributed by atoms with Crippen LogP contribution in [0.2, 0.25) is 0 Å². The molecule has 20 heavy (non-hydrogen) atoms. The first kappa shape index (κ1) is 18.6. The molecule has 0 aliphatic carbocycles. The van der Waals surface area contributed by atoms with Crippen LogP contribution in [0.15, 0.2) is 0 Å². The molecule has 0 saturated carbocycles. The van der Waals surface area contributed by atoms with E-state index in [9.17, 15) is 19.5 Å². The molecular weight excluding hydrogens is 290 g/mol. The van der Waals surface area contributed by atoms with Crippen LogP contribution in [0.4, 0.5) is 0 Å². The summed E-state index contributed by atoms with van der Waals surface area (Å²) in [5.74, 6) is -3.06.